The van der Waals surface area contributed by atoms with Crippen LogP contribution in [0.1, 0.15) is 32.1 Å². The monoisotopic (exact) mass is 369 g/mol. The maximum Gasteiger partial charge on any atom is 0.261 e. The summed E-state index contributed by atoms with van der Waals surface area (Å²) in [6, 6.07) is 2.34. The van der Waals surface area contributed by atoms with Gasteiger partial charge in [0.1, 0.15) is 0 Å². The normalized spacial score (nSPS) is 16.1. The highest BCUT2D eigenvalue weighted by molar-refractivity contribution is 8.13. The fourth-order valence-electron chi connectivity index (χ4n) is 2.48. The van der Waals surface area contributed by atoms with Gasteiger partial charge in [-0.25, -0.2) is 8.42 Å². The molecule has 0 heterocycles. The van der Waals surface area contributed by atoms with Gasteiger partial charge in [0.2, 0.25) is 5.91 Å². The molecule has 1 saturated carbocycles. The molecule has 0 saturated heterocycles. The van der Waals surface area contributed by atoms with Crippen molar-refractivity contribution in [3.05, 3.63) is 22.2 Å². The second-order valence-electron chi connectivity index (χ2n) is 5.10. The summed E-state index contributed by atoms with van der Waals surface area (Å²) in [4.78, 5) is 11.8. The molecule has 2 rings (SSSR count). The lowest BCUT2D eigenvalue weighted by molar-refractivity contribution is -0.117. The van der Waals surface area contributed by atoms with E-state index in [4.69, 9.17) is 33.9 Å². The molecule has 1 aromatic rings. The van der Waals surface area contributed by atoms with Crippen LogP contribution in [0.25, 0.3) is 0 Å². The van der Waals surface area contributed by atoms with Gasteiger partial charge in [-0.05, 0) is 30.9 Å². The third-order valence-electron chi connectivity index (χ3n) is 3.51. The Labute approximate surface area is 138 Å². The fraction of sp³-hybridized carbons (Fsp3) is 0.462. The van der Waals surface area contributed by atoms with Crippen LogP contribution in [-0.4, -0.2) is 14.3 Å². The summed E-state index contributed by atoms with van der Waals surface area (Å²) in [6.07, 6.45) is 4.84. The fourth-order valence-corrected chi connectivity index (χ4v) is 3.97. The number of halogens is 3. The number of hydrogen-bond donors (Lipinski definition) is 1. The van der Waals surface area contributed by atoms with Crippen LogP contribution in [0.4, 0.5) is 5.69 Å². The molecule has 1 aliphatic rings. The molecule has 0 aliphatic heterocycles. The first-order chi connectivity index (χ1) is 9.77. The average molecular weight is 371 g/mol. The molecular formula is C13H14Cl3NO3S. The molecule has 0 bridgehead atoms. The Morgan fingerprint density at radius 2 is 1.71 bits per heavy atom. The van der Waals surface area contributed by atoms with Gasteiger partial charge >= 0.3 is 0 Å². The molecule has 1 amide bonds. The Hall–Kier alpha value is -0.490. The number of nitrogens with one attached hydrogen (secondary N) is 1. The summed E-state index contributed by atoms with van der Waals surface area (Å²) in [7, 11) is 1.32. The third kappa shape index (κ3) is 4.49. The van der Waals surface area contributed by atoms with E-state index in [0.29, 0.717) is 12.3 Å². The zero-order valence-corrected chi connectivity index (χ0v) is 14.1. The van der Waals surface area contributed by atoms with E-state index in [2.05, 4.69) is 5.32 Å². The molecule has 1 aromatic carbocycles. The molecule has 1 N–H and O–H groups in total. The SMILES string of the molecule is O=C(CC1CCCC1)Nc1c(Cl)cc(S(=O)(=O)Cl)cc1Cl. The number of benzene rings is 1. The molecule has 1 fully saturated rings. The van der Waals surface area contributed by atoms with Gasteiger partial charge in [0.15, 0.2) is 0 Å². The van der Waals surface area contributed by atoms with Crippen LogP contribution >= 0.6 is 33.9 Å². The zero-order chi connectivity index (χ0) is 15.6. The zero-order valence-electron chi connectivity index (χ0n) is 11.0. The molecule has 0 radical (unpaired) electrons. The van der Waals surface area contributed by atoms with Gasteiger partial charge in [0.25, 0.3) is 9.05 Å². The van der Waals surface area contributed by atoms with E-state index < -0.39 is 9.05 Å². The van der Waals surface area contributed by atoms with E-state index in [9.17, 15) is 13.2 Å². The van der Waals surface area contributed by atoms with Crippen molar-refractivity contribution in [3.8, 4) is 0 Å². The van der Waals surface area contributed by atoms with Crippen molar-refractivity contribution in [1.82, 2.24) is 0 Å². The Kier molecular flexibility index (Phi) is 5.41. The van der Waals surface area contributed by atoms with Crippen LogP contribution in [-0.2, 0) is 13.8 Å². The Bertz CT molecular complexity index is 632. The minimum absolute atomic E-state index is 0.0431. The predicted molar refractivity (Wildman–Crippen MR) is 84.7 cm³/mol. The van der Waals surface area contributed by atoms with Crippen molar-refractivity contribution >= 4 is 54.5 Å². The first-order valence-electron chi connectivity index (χ1n) is 6.51. The number of carbonyl (C=O) groups is 1. The number of carbonyl (C=O) groups excluding carboxylic acids is 1. The van der Waals surface area contributed by atoms with Crippen LogP contribution in [0.15, 0.2) is 17.0 Å². The van der Waals surface area contributed by atoms with Gasteiger partial charge in [-0.15, -0.1) is 0 Å². The van der Waals surface area contributed by atoms with Crippen molar-refractivity contribution in [3.63, 3.8) is 0 Å². The Balaban J connectivity index is 2.14. The standard InChI is InChI=1S/C13H14Cl3NO3S/c14-10-6-9(21(16,19)20)7-11(15)13(10)17-12(18)5-8-3-1-2-4-8/h6-8H,1-5H2,(H,17,18). The van der Waals surface area contributed by atoms with E-state index in [1.165, 1.54) is 12.1 Å². The lowest BCUT2D eigenvalue weighted by atomic mass is 10.0. The quantitative estimate of drug-likeness (QED) is 0.797. The van der Waals surface area contributed by atoms with Gasteiger partial charge in [-0.3, -0.25) is 4.79 Å². The van der Waals surface area contributed by atoms with Crippen LogP contribution < -0.4 is 5.32 Å². The summed E-state index contributed by atoms with van der Waals surface area (Å²) in [5.74, 6) is 0.220. The minimum atomic E-state index is -3.92. The highest BCUT2D eigenvalue weighted by Crippen LogP contribution is 2.35. The lowest BCUT2D eigenvalue weighted by Gasteiger charge is -2.12. The van der Waals surface area contributed by atoms with E-state index >= 15 is 0 Å². The van der Waals surface area contributed by atoms with Gasteiger partial charge in [0.05, 0.1) is 20.6 Å². The molecular weight excluding hydrogens is 357 g/mol. The first kappa shape index (κ1) is 16.9. The molecule has 0 spiro atoms. The van der Waals surface area contributed by atoms with Gasteiger partial charge in [-0.2, -0.15) is 0 Å². The van der Waals surface area contributed by atoms with Gasteiger partial charge in [0, 0.05) is 17.1 Å². The van der Waals surface area contributed by atoms with E-state index in [0.717, 1.165) is 25.7 Å². The maximum atomic E-state index is 12.0. The summed E-state index contributed by atoms with van der Waals surface area (Å²) in [5.41, 5.74) is 0.213. The van der Waals surface area contributed by atoms with Crippen molar-refractivity contribution in [2.24, 2.45) is 5.92 Å². The molecule has 21 heavy (non-hydrogen) atoms. The highest BCUT2D eigenvalue weighted by atomic mass is 35.7. The number of rotatable bonds is 4. The summed E-state index contributed by atoms with van der Waals surface area (Å²) >= 11 is 12.0. The molecule has 116 valence electrons. The van der Waals surface area contributed by atoms with E-state index in [1.54, 1.807) is 0 Å². The number of anilines is 1. The van der Waals surface area contributed by atoms with E-state index in [1.807, 2.05) is 0 Å². The van der Waals surface area contributed by atoms with Crippen LogP contribution in [0.3, 0.4) is 0 Å². The second kappa shape index (κ2) is 6.73. The average Bonchev–Trinajstić information content (AvgIpc) is 2.85. The van der Waals surface area contributed by atoms with Crippen LogP contribution in [0.5, 0.6) is 0 Å². The van der Waals surface area contributed by atoms with Crippen molar-refractivity contribution in [2.45, 2.75) is 37.0 Å². The first-order valence-corrected chi connectivity index (χ1v) is 9.57. The van der Waals surface area contributed by atoms with Gasteiger partial charge < -0.3 is 5.32 Å². The van der Waals surface area contributed by atoms with Crippen molar-refractivity contribution in [2.75, 3.05) is 5.32 Å². The molecule has 8 heteroatoms. The summed E-state index contributed by atoms with van der Waals surface area (Å²) in [6.45, 7) is 0. The number of hydrogen-bond acceptors (Lipinski definition) is 3. The molecule has 4 nitrogen and oxygen atoms in total. The smallest absolute Gasteiger partial charge is 0.261 e. The summed E-state index contributed by atoms with van der Waals surface area (Å²) in [5, 5.41) is 2.73. The van der Waals surface area contributed by atoms with Crippen LogP contribution in [0.2, 0.25) is 10.0 Å². The minimum Gasteiger partial charge on any atom is -0.324 e. The molecule has 0 unspecified atom stereocenters. The van der Waals surface area contributed by atoms with Crippen molar-refractivity contribution in [1.29, 1.82) is 0 Å². The topological polar surface area (TPSA) is 63.2 Å². The maximum absolute atomic E-state index is 12.0. The molecule has 0 aromatic heterocycles. The highest BCUT2D eigenvalue weighted by Gasteiger charge is 2.21. The molecule has 1 aliphatic carbocycles. The third-order valence-corrected chi connectivity index (χ3v) is 5.44. The van der Waals surface area contributed by atoms with Crippen LogP contribution in [0, 0.1) is 5.92 Å². The summed E-state index contributed by atoms with van der Waals surface area (Å²) < 4.78 is 22.5. The lowest BCUT2D eigenvalue weighted by Crippen LogP contribution is -2.15. The Morgan fingerprint density at radius 1 is 1.19 bits per heavy atom. The largest absolute Gasteiger partial charge is 0.324 e. The van der Waals surface area contributed by atoms with E-state index in [-0.39, 0.29) is 26.5 Å². The number of amides is 1. The molecule has 0 atom stereocenters. The second-order valence-corrected chi connectivity index (χ2v) is 8.48. The predicted octanol–water partition coefficient (Wildman–Crippen LogP) is 4.44. The van der Waals surface area contributed by atoms with Crippen molar-refractivity contribution < 1.29 is 13.2 Å². The van der Waals surface area contributed by atoms with Gasteiger partial charge in [-0.1, -0.05) is 36.0 Å². The Morgan fingerprint density at radius 3 is 2.19 bits per heavy atom.